The van der Waals surface area contributed by atoms with E-state index in [1.807, 2.05) is 0 Å². The van der Waals surface area contributed by atoms with Gasteiger partial charge in [0.25, 0.3) is 0 Å². The molecular weight excluding hydrogens is 256 g/mol. The molecule has 2 aromatic rings. The number of nitrogens with zero attached hydrogens (tertiary/aromatic N) is 1. The van der Waals surface area contributed by atoms with E-state index in [-0.39, 0.29) is 0 Å². The second-order valence-electron chi connectivity index (χ2n) is 8.02. The standard InChI is InChI=1S/C19H24N2/c1-21-5-4-16-9-17(2-3-18(16)21)20-19-10-13-6-14(11-19)8-15(7-13)12-19/h2-5,9,13-15,20H,6-8,10-12H2,1H3. The molecule has 1 N–H and O–H groups in total. The Morgan fingerprint density at radius 1 is 1.00 bits per heavy atom. The van der Waals surface area contributed by atoms with E-state index in [2.05, 4.69) is 47.4 Å². The Kier molecular flexibility index (Phi) is 2.34. The van der Waals surface area contributed by atoms with E-state index >= 15 is 0 Å². The quantitative estimate of drug-likeness (QED) is 0.853. The fourth-order valence-corrected chi connectivity index (χ4v) is 5.93. The highest BCUT2D eigenvalue weighted by atomic mass is 15.0. The van der Waals surface area contributed by atoms with Crippen molar-refractivity contribution in [2.75, 3.05) is 5.32 Å². The Hall–Kier alpha value is -1.44. The summed E-state index contributed by atoms with van der Waals surface area (Å²) in [5, 5.41) is 5.33. The molecule has 1 aromatic carbocycles. The van der Waals surface area contributed by atoms with Crippen molar-refractivity contribution in [3.8, 4) is 0 Å². The molecule has 2 heteroatoms. The third kappa shape index (κ3) is 1.84. The molecule has 0 unspecified atom stereocenters. The lowest BCUT2D eigenvalue weighted by molar-refractivity contribution is 0.0107. The van der Waals surface area contributed by atoms with E-state index in [1.54, 1.807) is 0 Å². The number of benzene rings is 1. The highest BCUT2D eigenvalue weighted by Gasteiger charge is 2.50. The molecule has 0 saturated heterocycles. The maximum atomic E-state index is 3.98. The summed E-state index contributed by atoms with van der Waals surface area (Å²) in [6.45, 7) is 0. The van der Waals surface area contributed by atoms with Crippen LogP contribution in [0, 0.1) is 17.8 Å². The molecule has 21 heavy (non-hydrogen) atoms. The summed E-state index contributed by atoms with van der Waals surface area (Å²) in [4.78, 5) is 0. The van der Waals surface area contributed by atoms with Gasteiger partial charge in [-0.15, -0.1) is 0 Å². The van der Waals surface area contributed by atoms with Crippen molar-refractivity contribution in [3.63, 3.8) is 0 Å². The topological polar surface area (TPSA) is 17.0 Å². The Morgan fingerprint density at radius 3 is 2.33 bits per heavy atom. The molecule has 4 bridgehead atoms. The van der Waals surface area contributed by atoms with Crippen LogP contribution in [0.2, 0.25) is 0 Å². The second kappa shape index (κ2) is 4.06. The maximum Gasteiger partial charge on any atom is 0.0479 e. The van der Waals surface area contributed by atoms with E-state index in [0.717, 1.165) is 17.8 Å². The van der Waals surface area contributed by atoms with Crippen LogP contribution in [0.4, 0.5) is 5.69 Å². The predicted molar refractivity (Wildman–Crippen MR) is 87.4 cm³/mol. The number of aromatic nitrogens is 1. The number of hydrogen-bond acceptors (Lipinski definition) is 1. The van der Waals surface area contributed by atoms with Gasteiger partial charge in [-0.2, -0.15) is 0 Å². The number of fused-ring (bicyclic) bond motifs is 1. The zero-order valence-electron chi connectivity index (χ0n) is 12.8. The molecule has 4 saturated carbocycles. The molecule has 110 valence electrons. The molecule has 2 nitrogen and oxygen atoms in total. The first-order valence-corrected chi connectivity index (χ1v) is 8.52. The third-order valence-corrected chi connectivity index (χ3v) is 6.33. The summed E-state index contributed by atoms with van der Waals surface area (Å²) in [7, 11) is 2.12. The zero-order valence-corrected chi connectivity index (χ0v) is 12.8. The van der Waals surface area contributed by atoms with Crippen LogP contribution < -0.4 is 5.32 Å². The van der Waals surface area contributed by atoms with Gasteiger partial charge in [-0.05, 0) is 80.5 Å². The molecule has 1 heterocycles. The van der Waals surface area contributed by atoms with Crippen LogP contribution in [-0.4, -0.2) is 10.1 Å². The van der Waals surface area contributed by atoms with Crippen LogP contribution in [-0.2, 0) is 7.05 Å². The second-order valence-corrected chi connectivity index (χ2v) is 8.02. The minimum atomic E-state index is 0.414. The Morgan fingerprint density at radius 2 is 1.67 bits per heavy atom. The van der Waals surface area contributed by atoms with Gasteiger partial charge >= 0.3 is 0 Å². The third-order valence-electron chi connectivity index (χ3n) is 6.33. The average molecular weight is 280 g/mol. The molecule has 0 atom stereocenters. The Bertz CT molecular complexity index is 661. The van der Waals surface area contributed by atoms with E-state index in [4.69, 9.17) is 0 Å². The summed E-state index contributed by atoms with van der Waals surface area (Å²) < 4.78 is 2.20. The van der Waals surface area contributed by atoms with Crippen LogP contribution in [0.1, 0.15) is 38.5 Å². The molecule has 6 rings (SSSR count). The zero-order chi connectivity index (χ0) is 14.0. The number of nitrogens with one attached hydrogen (secondary N) is 1. The molecule has 1 aromatic heterocycles. The summed E-state index contributed by atoms with van der Waals surface area (Å²) in [6, 6.07) is 9.10. The molecule has 4 aliphatic carbocycles. The largest absolute Gasteiger partial charge is 0.380 e. The summed E-state index contributed by atoms with van der Waals surface area (Å²) in [5.74, 6) is 3.01. The first-order chi connectivity index (χ1) is 10.2. The van der Waals surface area contributed by atoms with Crippen molar-refractivity contribution in [3.05, 3.63) is 30.5 Å². The monoisotopic (exact) mass is 280 g/mol. The molecule has 4 aliphatic rings. The molecule has 4 fully saturated rings. The summed E-state index contributed by atoms with van der Waals surface area (Å²) >= 11 is 0. The molecule has 0 spiro atoms. The van der Waals surface area contributed by atoms with Gasteiger partial charge in [-0.1, -0.05) is 0 Å². The van der Waals surface area contributed by atoms with Gasteiger partial charge < -0.3 is 9.88 Å². The van der Waals surface area contributed by atoms with Gasteiger partial charge in [0.2, 0.25) is 0 Å². The number of anilines is 1. The number of rotatable bonds is 2. The highest BCUT2D eigenvalue weighted by molar-refractivity contribution is 5.83. The van der Waals surface area contributed by atoms with E-state index in [1.165, 1.54) is 55.1 Å². The van der Waals surface area contributed by atoms with Crippen LogP contribution in [0.15, 0.2) is 30.5 Å². The molecule has 0 aliphatic heterocycles. The summed E-state index contributed by atoms with van der Waals surface area (Å²) in [6.07, 6.45) is 10.9. The minimum absolute atomic E-state index is 0.414. The van der Waals surface area contributed by atoms with E-state index in [9.17, 15) is 0 Å². The van der Waals surface area contributed by atoms with Gasteiger partial charge in [0.05, 0.1) is 0 Å². The van der Waals surface area contributed by atoms with Gasteiger partial charge in [-0.3, -0.25) is 0 Å². The van der Waals surface area contributed by atoms with Crippen LogP contribution in [0.25, 0.3) is 10.9 Å². The number of hydrogen-bond donors (Lipinski definition) is 1. The van der Waals surface area contributed by atoms with Gasteiger partial charge in [0.1, 0.15) is 0 Å². The summed E-state index contributed by atoms with van der Waals surface area (Å²) in [5.41, 5.74) is 3.07. The smallest absolute Gasteiger partial charge is 0.0479 e. The van der Waals surface area contributed by atoms with Crippen molar-refractivity contribution < 1.29 is 0 Å². The molecular formula is C19H24N2. The predicted octanol–water partition coefficient (Wildman–Crippen LogP) is 4.56. The first kappa shape index (κ1) is 12.1. The lowest BCUT2D eigenvalue weighted by Gasteiger charge is -2.57. The van der Waals surface area contributed by atoms with Crippen molar-refractivity contribution in [2.45, 2.75) is 44.1 Å². The van der Waals surface area contributed by atoms with E-state index < -0.39 is 0 Å². The van der Waals surface area contributed by atoms with Crippen molar-refractivity contribution in [1.29, 1.82) is 0 Å². The van der Waals surface area contributed by atoms with Gasteiger partial charge in [-0.25, -0.2) is 0 Å². The average Bonchev–Trinajstić information content (AvgIpc) is 2.78. The van der Waals surface area contributed by atoms with Crippen LogP contribution in [0.3, 0.4) is 0 Å². The fourth-order valence-electron chi connectivity index (χ4n) is 5.93. The maximum absolute atomic E-state index is 3.98. The van der Waals surface area contributed by atoms with Gasteiger partial charge in [0, 0.05) is 35.4 Å². The highest BCUT2D eigenvalue weighted by Crippen LogP contribution is 2.56. The molecule has 0 amide bonds. The van der Waals surface area contributed by atoms with Crippen LogP contribution in [0.5, 0.6) is 0 Å². The first-order valence-electron chi connectivity index (χ1n) is 8.52. The van der Waals surface area contributed by atoms with E-state index in [0.29, 0.717) is 5.54 Å². The SMILES string of the molecule is Cn1ccc2cc(NC34CC5CC(CC(C5)C3)C4)ccc21. The fraction of sp³-hybridized carbons (Fsp3) is 0.579. The Balaban J connectivity index is 1.47. The number of aryl methyl sites for hydroxylation is 1. The normalized spacial score (nSPS) is 37.3. The minimum Gasteiger partial charge on any atom is -0.380 e. The van der Waals surface area contributed by atoms with Crippen molar-refractivity contribution >= 4 is 16.6 Å². The van der Waals surface area contributed by atoms with Crippen molar-refractivity contribution in [1.82, 2.24) is 4.57 Å². The van der Waals surface area contributed by atoms with Crippen LogP contribution >= 0.6 is 0 Å². The molecule has 0 radical (unpaired) electrons. The lowest BCUT2D eigenvalue weighted by Crippen LogP contribution is -2.54. The Labute approximate surface area is 126 Å². The van der Waals surface area contributed by atoms with Gasteiger partial charge in [0.15, 0.2) is 0 Å². The lowest BCUT2D eigenvalue weighted by atomic mass is 9.53. The van der Waals surface area contributed by atoms with Crippen molar-refractivity contribution in [2.24, 2.45) is 24.8 Å².